The minimum absolute atomic E-state index is 0. The molecule has 0 rings (SSSR count). The predicted octanol–water partition coefficient (Wildman–Crippen LogP) is 1.38. The van der Waals surface area contributed by atoms with Crippen molar-refractivity contribution in [2.45, 2.75) is 26.9 Å². The summed E-state index contributed by atoms with van der Waals surface area (Å²) < 4.78 is 9.42. The largest absolute Gasteiger partial charge is 0.525 e. The number of hydrogen-bond acceptors (Lipinski definition) is 3. The molecule has 13 heavy (non-hydrogen) atoms. The molecule has 1 radical (unpaired) electrons. The molecule has 0 aromatic rings. The summed E-state index contributed by atoms with van der Waals surface area (Å²) in [5.41, 5.74) is 0. The Morgan fingerprint density at radius 2 is 1.77 bits per heavy atom. The maximum Gasteiger partial charge on any atom is 0.190 e. The van der Waals surface area contributed by atoms with Gasteiger partial charge >= 0.3 is 0 Å². The van der Waals surface area contributed by atoms with Crippen LogP contribution in [-0.2, 0) is 34.7 Å². The van der Waals surface area contributed by atoms with Crippen LogP contribution in [0.3, 0.4) is 0 Å². The molecule has 0 spiro atoms. The van der Waals surface area contributed by atoms with Crippen LogP contribution in [0.25, 0.3) is 0 Å². The van der Waals surface area contributed by atoms with E-state index >= 15 is 0 Å². The number of rotatable bonds is 4. The first-order valence-corrected chi connectivity index (χ1v) is 3.64. The SMILES string of the molecule is CO[CH-]C(=O)OC(C)C(C)C.[Re].[Rf]. The monoisotopic (exact) mass is 613 g/mol. The molecule has 0 heterocycles. The van der Waals surface area contributed by atoms with E-state index in [0.717, 1.165) is 6.61 Å². The summed E-state index contributed by atoms with van der Waals surface area (Å²) in [6.45, 7) is 6.89. The van der Waals surface area contributed by atoms with Crippen LogP contribution in [0, 0.1) is 12.5 Å². The molecule has 0 aromatic carbocycles. The van der Waals surface area contributed by atoms with Gasteiger partial charge in [-0.05, 0) is 12.8 Å². The van der Waals surface area contributed by atoms with E-state index in [4.69, 9.17) is 4.74 Å². The molecular weight excluding hydrogens is 597 g/mol. The van der Waals surface area contributed by atoms with Crippen molar-refractivity contribution in [2.24, 2.45) is 5.92 Å². The molecule has 1 unspecified atom stereocenters. The Kier molecular flexibility index (Phi) is 12.5. The summed E-state index contributed by atoms with van der Waals surface area (Å²) in [4.78, 5) is 10.8. The van der Waals surface area contributed by atoms with Gasteiger partial charge in [-0.15, -0.1) is 0 Å². The molecule has 75 valence electrons. The van der Waals surface area contributed by atoms with Crippen LogP contribution in [0.5, 0.6) is 0 Å². The number of ether oxygens (including phenoxy) is 2. The van der Waals surface area contributed by atoms with E-state index in [1.165, 1.54) is 7.11 Å². The van der Waals surface area contributed by atoms with Crippen LogP contribution in [0.1, 0.15) is 20.8 Å². The first kappa shape index (κ1) is 17.9. The van der Waals surface area contributed by atoms with Gasteiger partial charge in [-0.3, -0.25) is 4.79 Å². The Bertz CT molecular complexity index is 131. The second-order valence-electron chi connectivity index (χ2n) is 2.74. The van der Waals surface area contributed by atoms with E-state index < -0.39 is 5.97 Å². The number of methoxy groups -OCH3 is 1. The fraction of sp³-hybridized carbons (Fsp3) is 0.750. The second-order valence-corrected chi connectivity index (χ2v) is 2.74. The Morgan fingerprint density at radius 1 is 1.31 bits per heavy atom. The third-order valence-corrected chi connectivity index (χ3v) is 1.45. The van der Waals surface area contributed by atoms with E-state index in [1.807, 2.05) is 20.8 Å². The van der Waals surface area contributed by atoms with Crippen molar-refractivity contribution in [3.05, 3.63) is 6.61 Å². The third-order valence-electron chi connectivity index (χ3n) is 1.45. The molecular formula is C8H15O3ReRf-. The van der Waals surface area contributed by atoms with Gasteiger partial charge in [-0.2, -0.15) is 6.61 Å². The summed E-state index contributed by atoms with van der Waals surface area (Å²) in [7, 11) is 1.42. The molecule has 0 aliphatic carbocycles. The fourth-order valence-corrected chi connectivity index (χ4v) is 0.443. The smallest absolute Gasteiger partial charge is 0.190 e. The van der Waals surface area contributed by atoms with Crippen molar-refractivity contribution < 1.29 is 34.7 Å². The predicted molar refractivity (Wildman–Crippen MR) is 41.7 cm³/mol. The van der Waals surface area contributed by atoms with E-state index in [2.05, 4.69) is 4.74 Å². The molecule has 1 atom stereocenters. The minimum atomic E-state index is -0.422. The Hall–Kier alpha value is -1.04. The van der Waals surface area contributed by atoms with Crippen LogP contribution in [0.4, 0.5) is 0 Å². The minimum Gasteiger partial charge on any atom is -0.525 e. The molecule has 3 nitrogen and oxygen atoms in total. The zero-order valence-corrected chi connectivity index (χ0v) is 17.7. The second kappa shape index (κ2) is 9.05. The molecule has 0 saturated heterocycles. The average molecular weight is 612 g/mol. The van der Waals surface area contributed by atoms with Crippen molar-refractivity contribution in [1.29, 1.82) is 0 Å². The van der Waals surface area contributed by atoms with Gasteiger partial charge in [0.15, 0.2) is 5.97 Å². The summed E-state index contributed by atoms with van der Waals surface area (Å²) in [6, 6.07) is 0. The van der Waals surface area contributed by atoms with Crippen molar-refractivity contribution in [3.8, 4) is 0 Å². The molecule has 0 aliphatic rings. The van der Waals surface area contributed by atoms with Gasteiger partial charge in [0.05, 0.1) is 6.10 Å². The summed E-state index contributed by atoms with van der Waals surface area (Å²) in [5.74, 6) is -0.0853. The standard InChI is InChI=1S/C8H15O3.Re.Rf/c1-6(2)7(3)11-8(9)5-10-4;;/h5-7H,1-4H3;;/q-1;;. The van der Waals surface area contributed by atoms with E-state index in [0.29, 0.717) is 5.92 Å². The van der Waals surface area contributed by atoms with Crippen LogP contribution < -0.4 is 0 Å². The number of carbonyl (C=O) groups excluding carboxylic acids is 1. The topological polar surface area (TPSA) is 35.5 Å². The molecule has 0 fully saturated rings. The molecule has 0 saturated carbocycles. The average Bonchev–Trinajstić information content (AvgIpc) is 1.87. The Balaban J connectivity index is -0.000000500. The van der Waals surface area contributed by atoms with Gasteiger partial charge in [0.2, 0.25) is 0 Å². The third kappa shape index (κ3) is 8.87. The van der Waals surface area contributed by atoms with Gasteiger partial charge in [0.25, 0.3) is 0 Å². The summed E-state index contributed by atoms with van der Waals surface area (Å²) in [6.07, 6.45) is -0.0612. The zero-order valence-electron chi connectivity index (χ0n) is 8.54. The maximum atomic E-state index is 10.8. The van der Waals surface area contributed by atoms with Crippen molar-refractivity contribution in [3.63, 3.8) is 0 Å². The van der Waals surface area contributed by atoms with Gasteiger partial charge in [-0.25, -0.2) is 0 Å². The van der Waals surface area contributed by atoms with E-state index in [-0.39, 0.29) is 26.5 Å². The fourth-order valence-electron chi connectivity index (χ4n) is 0.443. The van der Waals surface area contributed by atoms with Crippen molar-refractivity contribution in [2.75, 3.05) is 7.11 Å². The van der Waals surface area contributed by atoms with Gasteiger partial charge in [-0.1, -0.05) is 13.8 Å². The Labute approximate surface area is 87.5 Å². The zero-order chi connectivity index (χ0) is 8.85. The Morgan fingerprint density at radius 3 is 2.08 bits per heavy atom. The molecule has 0 amide bonds. The molecule has 0 aliphatic heterocycles. The molecule has 0 bridgehead atoms. The van der Waals surface area contributed by atoms with Gasteiger partial charge in [0.1, 0.15) is 0 Å². The normalized spacial score (nSPS) is 10.8. The van der Waals surface area contributed by atoms with Gasteiger partial charge in [0, 0.05) is 27.5 Å². The van der Waals surface area contributed by atoms with Crippen LogP contribution >= 0.6 is 0 Å². The van der Waals surface area contributed by atoms with Crippen LogP contribution in [-0.4, -0.2) is 19.2 Å². The number of carbonyl (C=O) groups is 1. The molecule has 0 aromatic heterocycles. The first-order valence-electron chi connectivity index (χ1n) is 3.64. The van der Waals surface area contributed by atoms with E-state index in [9.17, 15) is 4.79 Å². The number of esters is 1. The van der Waals surface area contributed by atoms with E-state index in [1.54, 1.807) is 0 Å². The first-order chi connectivity index (χ1) is 5.07. The summed E-state index contributed by atoms with van der Waals surface area (Å²) in [5, 5.41) is 0. The van der Waals surface area contributed by atoms with Crippen molar-refractivity contribution in [1.82, 2.24) is 0 Å². The summed E-state index contributed by atoms with van der Waals surface area (Å²) >= 11 is 0. The molecule has 5 heteroatoms. The molecule has 0 N–H and O–H groups in total. The maximum absolute atomic E-state index is 10.8. The van der Waals surface area contributed by atoms with Gasteiger partial charge < -0.3 is 9.47 Å². The number of hydrogen-bond donors (Lipinski definition) is 0. The van der Waals surface area contributed by atoms with Crippen LogP contribution in [0.15, 0.2) is 0 Å². The van der Waals surface area contributed by atoms with Crippen molar-refractivity contribution >= 4 is 5.97 Å². The van der Waals surface area contributed by atoms with Crippen LogP contribution in [0.2, 0.25) is 0 Å². The quantitative estimate of drug-likeness (QED) is 0.356.